The van der Waals surface area contributed by atoms with Crippen LogP contribution in [0.25, 0.3) is 0 Å². The number of amides is 3. The van der Waals surface area contributed by atoms with Crippen LogP contribution in [0.5, 0.6) is 0 Å². The predicted molar refractivity (Wildman–Crippen MR) is 110 cm³/mol. The van der Waals surface area contributed by atoms with Crippen molar-refractivity contribution in [3.05, 3.63) is 54.6 Å². The van der Waals surface area contributed by atoms with Gasteiger partial charge in [-0.3, -0.25) is 14.5 Å². The Morgan fingerprint density at radius 3 is 2.03 bits per heavy atom. The number of piperazine rings is 1. The monoisotopic (exact) mass is 396 g/mol. The molecule has 29 heavy (non-hydrogen) atoms. The summed E-state index contributed by atoms with van der Waals surface area (Å²) < 4.78 is 4.99. The maximum atomic E-state index is 13.1. The van der Waals surface area contributed by atoms with E-state index < -0.39 is 17.9 Å². The molecule has 0 spiro atoms. The molecule has 0 bridgehead atoms. The van der Waals surface area contributed by atoms with E-state index in [1.807, 2.05) is 6.07 Å². The molecule has 3 rings (SSSR count). The normalized spacial score (nSPS) is 13.7. The van der Waals surface area contributed by atoms with Gasteiger partial charge in [-0.15, -0.1) is 0 Å². The number of hydrogen-bond donors (Lipinski definition) is 1. The van der Waals surface area contributed by atoms with Crippen molar-refractivity contribution in [2.24, 2.45) is 0 Å². The van der Waals surface area contributed by atoms with Gasteiger partial charge in [-0.2, -0.15) is 0 Å². The van der Waals surface area contributed by atoms with Gasteiger partial charge in [0.1, 0.15) is 0 Å². The van der Waals surface area contributed by atoms with Gasteiger partial charge in [0, 0.05) is 43.2 Å². The smallest absolute Gasteiger partial charge is 0.409 e. The minimum Gasteiger partial charge on any atom is -0.450 e. The maximum absolute atomic E-state index is 13.1. The lowest BCUT2D eigenvalue weighted by atomic mass is 10.2. The molecule has 1 saturated heterocycles. The Labute approximate surface area is 169 Å². The van der Waals surface area contributed by atoms with Crippen molar-refractivity contribution in [1.82, 2.24) is 9.80 Å². The zero-order valence-electron chi connectivity index (χ0n) is 16.3. The summed E-state index contributed by atoms with van der Waals surface area (Å²) in [4.78, 5) is 42.3. The number of nitrogens with two attached hydrogens (primary N) is 1. The van der Waals surface area contributed by atoms with Gasteiger partial charge in [-0.25, -0.2) is 4.79 Å². The number of benzene rings is 2. The Bertz CT molecular complexity index is 862. The molecule has 8 nitrogen and oxygen atoms in total. The average molecular weight is 396 g/mol. The third-order valence-corrected chi connectivity index (χ3v) is 4.64. The van der Waals surface area contributed by atoms with Gasteiger partial charge in [-0.05, 0) is 43.3 Å². The molecule has 1 heterocycles. The molecule has 8 heteroatoms. The highest BCUT2D eigenvalue weighted by atomic mass is 16.6. The second-order valence-electron chi connectivity index (χ2n) is 6.55. The summed E-state index contributed by atoms with van der Waals surface area (Å²) >= 11 is 0. The Morgan fingerprint density at radius 1 is 0.897 bits per heavy atom. The molecule has 0 aromatic heterocycles. The second kappa shape index (κ2) is 9.09. The van der Waals surface area contributed by atoms with E-state index in [0.717, 1.165) is 0 Å². The van der Waals surface area contributed by atoms with Crippen LogP contribution in [0.3, 0.4) is 0 Å². The van der Waals surface area contributed by atoms with Crippen molar-refractivity contribution in [2.45, 2.75) is 6.92 Å². The van der Waals surface area contributed by atoms with Crippen LogP contribution in [-0.2, 0) is 14.3 Å². The fourth-order valence-corrected chi connectivity index (χ4v) is 3.12. The molecule has 0 radical (unpaired) electrons. The van der Waals surface area contributed by atoms with E-state index in [1.165, 1.54) is 14.7 Å². The maximum Gasteiger partial charge on any atom is 0.409 e. The lowest BCUT2D eigenvalue weighted by Gasteiger charge is -2.34. The number of nitrogen functional groups attached to an aromatic ring is 1. The van der Waals surface area contributed by atoms with Crippen molar-refractivity contribution in [2.75, 3.05) is 43.4 Å². The van der Waals surface area contributed by atoms with Gasteiger partial charge in [-0.1, -0.05) is 18.2 Å². The fourth-order valence-electron chi connectivity index (χ4n) is 3.12. The zero-order chi connectivity index (χ0) is 20.8. The minimum atomic E-state index is -0.662. The molecule has 2 N–H and O–H groups in total. The van der Waals surface area contributed by atoms with E-state index >= 15 is 0 Å². The first-order chi connectivity index (χ1) is 14.0. The number of carbonyl (C=O) groups is 3. The standard InChI is InChI=1S/C21H24N4O4/c1-2-29-21(28)24-14-12-23(13-15-24)19(26)20(27)25(17-6-4-3-5-7-17)18-10-8-16(22)9-11-18/h3-11H,2,12-15,22H2,1H3. The molecule has 0 aliphatic carbocycles. The quantitative estimate of drug-likeness (QED) is 0.634. The first-order valence-corrected chi connectivity index (χ1v) is 9.47. The Balaban J connectivity index is 1.77. The van der Waals surface area contributed by atoms with E-state index in [-0.39, 0.29) is 13.1 Å². The summed E-state index contributed by atoms with van der Waals surface area (Å²) in [6, 6.07) is 15.7. The number of rotatable bonds is 3. The number of carbonyl (C=O) groups excluding carboxylic acids is 3. The van der Waals surface area contributed by atoms with Crippen LogP contribution in [0.1, 0.15) is 6.92 Å². The number of nitrogens with zero attached hydrogens (tertiary/aromatic N) is 3. The van der Waals surface area contributed by atoms with Gasteiger partial charge in [0.15, 0.2) is 0 Å². The zero-order valence-corrected chi connectivity index (χ0v) is 16.3. The summed E-state index contributed by atoms with van der Waals surface area (Å²) in [5.41, 5.74) is 7.46. The van der Waals surface area contributed by atoms with Crippen LogP contribution in [0.4, 0.5) is 21.9 Å². The Kier molecular flexibility index (Phi) is 6.33. The SMILES string of the molecule is CCOC(=O)N1CCN(C(=O)C(=O)N(c2ccccc2)c2ccc(N)cc2)CC1. The van der Waals surface area contributed by atoms with Crippen molar-refractivity contribution in [3.8, 4) is 0 Å². The highest BCUT2D eigenvalue weighted by Crippen LogP contribution is 2.26. The van der Waals surface area contributed by atoms with Crippen LogP contribution in [-0.4, -0.2) is 60.5 Å². The van der Waals surface area contributed by atoms with E-state index in [9.17, 15) is 14.4 Å². The minimum absolute atomic E-state index is 0.272. The molecule has 1 aliphatic rings. The first kappa shape index (κ1) is 20.2. The van der Waals surface area contributed by atoms with Crippen molar-refractivity contribution in [3.63, 3.8) is 0 Å². The molecule has 1 fully saturated rings. The van der Waals surface area contributed by atoms with Crippen LogP contribution >= 0.6 is 0 Å². The van der Waals surface area contributed by atoms with Crippen LogP contribution < -0.4 is 10.6 Å². The highest BCUT2D eigenvalue weighted by molar-refractivity contribution is 6.42. The summed E-state index contributed by atoms with van der Waals surface area (Å²) in [5.74, 6) is -1.28. The number of ether oxygens (including phenoxy) is 1. The third kappa shape index (κ3) is 4.66. The van der Waals surface area contributed by atoms with E-state index in [2.05, 4.69) is 0 Å². The van der Waals surface area contributed by atoms with E-state index in [4.69, 9.17) is 10.5 Å². The van der Waals surface area contributed by atoms with Gasteiger partial charge in [0.2, 0.25) is 0 Å². The summed E-state index contributed by atoms with van der Waals surface area (Å²) in [5, 5.41) is 0. The molecule has 1 aliphatic heterocycles. The fraction of sp³-hybridized carbons (Fsp3) is 0.286. The largest absolute Gasteiger partial charge is 0.450 e. The molecular weight excluding hydrogens is 372 g/mol. The Hall–Kier alpha value is -3.55. The molecule has 0 unspecified atom stereocenters. The molecule has 3 amide bonds. The van der Waals surface area contributed by atoms with Crippen LogP contribution in [0.15, 0.2) is 54.6 Å². The highest BCUT2D eigenvalue weighted by Gasteiger charge is 2.32. The number of anilines is 3. The molecule has 2 aromatic carbocycles. The first-order valence-electron chi connectivity index (χ1n) is 9.47. The van der Waals surface area contributed by atoms with Gasteiger partial charge in [0.05, 0.1) is 6.61 Å². The predicted octanol–water partition coefficient (Wildman–Crippen LogP) is 2.23. The molecule has 152 valence electrons. The summed E-state index contributed by atoms with van der Waals surface area (Å²) in [6.07, 6.45) is -0.404. The summed E-state index contributed by atoms with van der Waals surface area (Å²) in [7, 11) is 0. The lowest BCUT2D eigenvalue weighted by Crippen LogP contribution is -2.54. The van der Waals surface area contributed by atoms with E-state index in [1.54, 1.807) is 55.5 Å². The van der Waals surface area contributed by atoms with Crippen LogP contribution in [0.2, 0.25) is 0 Å². The van der Waals surface area contributed by atoms with Gasteiger partial charge < -0.3 is 20.3 Å². The molecule has 2 aromatic rings. The molecule has 0 saturated carbocycles. The number of hydrogen-bond acceptors (Lipinski definition) is 5. The van der Waals surface area contributed by atoms with Crippen LogP contribution in [0, 0.1) is 0 Å². The lowest BCUT2D eigenvalue weighted by molar-refractivity contribution is -0.145. The average Bonchev–Trinajstić information content (AvgIpc) is 2.76. The van der Waals surface area contributed by atoms with Crippen molar-refractivity contribution in [1.29, 1.82) is 0 Å². The van der Waals surface area contributed by atoms with E-state index in [0.29, 0.717) is 36.8 Å². The van der Waals surface area contributed by atoms with Crippen molar-refractivity contribution >= 4 is 35.0 Å². The van der Waals surface area contributed by atoms with Gasteiger partial charge in [0.25, 0.3) is 0 Å². The summed E-state index contributed by atoms with van der Waals surface area (Å²) in [6.45, 7) is 3.23. The third-order valence-electron chi connectivity index (χ3n) is 4.64. The molecular formula is C21H24N4O4. The topological polar surface area (TPSA) is 96.2 Å². The van der Waals surface area contributed by atoms with Gasteiger partial charge >= 0.3 is 17.9 Å². The number of para-hydroxylation sites is 1. The second-order valence-corrected chi connectivity index (χ2v) is 6.55. The van der Waals surface area contributed by atoms with Crippen molar-refractivity contribution < 1.29 is 19.1 Å². The Morgan fingerprint density at radius 2 is 1.45 bits per heavy atom. The molecule has 0 atom stereocenters.